The van der Waals surface area contributed by atoms with Crippen molar-refractivity contribution < 1.29 is 9.90 Å². The highest BCUT2D eigenvalue weighted by Crippen LogP contribution is 2.15. The van der Waals surface area contributed by atoms with Gasteiger partial charge in [-0.1, -0.05) is 13.8 Å². The van der Waals surface area contributed by atoms with E-state index in [1.807, 2.05) is 13.2 Å². The summed E-state index contributed by atoms with van der Waals surface area (Å²) in [4.78, 5) is 10.3. The molecule has 0 rings (SSSR count). The van der Waals surface area contributed by atoms with Crippen LogP contribution in [-0.2, 0) is 4.79 Å². The number of carboxylic acid groups (broad SMARTS) is 1. The monoisotopic (exact) mass is 148 g/mol. The summed E-state index contributed by atoms with van der Waals surface area (Å²) in [6, 6.07) is 0. The minimum atomic E-state index is -0.711. The van der Waals surface area contributed by atoms with Crippen molar-refractivity contribution in [2.24, 2.45) is 5.92 Å². The fourth-order valence-corrected chi connectivity index (χ4v) is 0.930. The molecule has 1 N–H and O–H groups in total. The number of carboxylic acids is 1. The Balaban J connectivity index is 3.72. The minimum absolute atomic E-state index is 0.211. The average molecular weight is 148 g/mol. The van der Waals surface area contributed by atoms with E-state index in [-0.39, 0.29) is 11.2 Å². The molecule has 0 saturated heterocycles. The first-order valence-electron chi connectivity index (χ1n) is 2.85. The molecule has 54 valence electrons. The molecule has 0 aliphatic heterocycles. The van der Waals surface area contributed by atoms with Crippen LogP contribution in [0.5, 0.6) is 0 Å². The van der Waals surface area contributed by atoms with E-state index in [2.05, 4.69) is 0 Å². The summed E-state index contributed by atoms with van der Waals surface area (Å²) in [5.41, 5.74) is 0. The third-order valence-electron chi connectivity index (χ3n) is 1.47. The van der Waals surface area contributed by atoms with Crippen molar-refractivity contribution in [2.75, 3.05) is 6.26 Å². The third kappa shape index (κ3) is 2.75. The van der Waals surface area contributed by atoms with E-state index in [0.29, 0.717) is 0 Å². The van der Waals surface area contributed by atoms with Gasteiger partial charge in [0.1, 0.15) is 0 Å². The van der Waals surface area contributed by atoms with Crippen LogP contribution in [0, 0.1) is 5.92 Å². The van der Waals surface area contributed by atoms with E-state index < -0.39 is 5.97 Å². The Labute approximate surface area is 59.6 Å². The number of rotatable bonds is 3. The van der Waals surface area contributed by atoms with Gasteiger partial charge in [0.15, 0.2) is 0 Å². The first-order valence-corrected chi connectivity index (χ1v) is 4.14. The van der Waals surface area contributed by atoms with E-state index in [1.165, 1.54) is 0 Å². The van der Waals surface area contributed by atoms with E-state index in [9.17, 15) is 4.79 Å². The Morgan fingerprint density at radius 1 is 1.56 bits per heavy atom. The first kappa shape index (κ1) is 8.82. The topological polar surface area (TPSA) is 37.3 Å². The van der Waals surface area contributed by atoms with Gasteiger partial charge in [-0.2, -0.15) is 11.8 Å². The van der Waals surface area contributed by atoms with Crippen LogP contribution < -0.4 is 0 Å². The molecule has 0 aromatic rings. The molecule has 2 nitrogen and oxygen atoms in total. The molecule has 0 aromatic heterocycles. The second-order valence-corrected chi connectivity index (χ2v) is 3.28. The second kappa shape index (κ2) is 3.77. The number of hydrogen-bond acceptors (Lipinski definition) is 2. The molecule has 0 radical (unpaired) electrons. The molecule has 9 heavy (non-hydrogen) atoms. The average Bonchev–Trinajstić information content (AvgIpc) is 1.84. The summed E-state index contributed by atoms with van der Waals surface area (Å²) in [5.74, 6) is -0.947. The summed E-state index contributed by atoms with van der Waals surface area (Å²) in [6.45, 7) is 3.65. The molecule has 0 spiro atoms. The van der Waals surface area contributed by atoms with Gasteiger partial charge in [0.05, 0.1) is 5.92 Å². The molecule has 0 fully saturated rings. The Bertz CT molecular complexity index is 103. The lowest BCUT2D eigenvalue weighted by atomic mass is 10.1. The van der Waals surface area contributed by atoms with Gasteiger partial charge < -0.3 is 5.11 Å². The number of thioether (sulfide) groups is 1. The van der Waals surface area contributed by atoms with Gasteiger partial charge in [-0.15, -0.1) is 0 Å². The van der Waals surface area contributed by atoms with Gasteiger partial charge in [0, 0.05) is 5.25 Å². The molecule has 2 atom stereocenters. The molecule has 0 aliphatic carbocycles. The minimum Gasteiger partial charge on any atom is -0.481 e. The van der Waals surface area contributed by atoms with Gasteiger partial charge in [-0.3, -0.25) is 4.79 Å². The van der Waals surface area contributed by atoms with Crippen LogP contribution in [0.15, 0.2) is 0 Å². The molecule has 0 saturated carbocycles. The molecular formula is C6H12O2S. The van der Waals surface area contributed by atoms with Crippen LogP contribution in [0.25, 0.3) is 0 Å². The van der Waals surface area contributed by atoms with Crippen LogP contribution in [-0.4, -0.2) is 22.6 Å². The van der Waals surface area contributed by atoms with Gasteiger partial charge in [-0.05, 0) is 6.26 Å². The van der Waals surface area contributed by atoms with Crippen LogP contribution in [0.2, 0.25) is 0 Å². The highest BCUT2D eigenvalue weighted by molar-refractivity contribution is 7.99. The molecule has 0 amide bonds. The zero-order valence-electron chi connectivity index (χ0n) is 5.92. The first-order chi connectivity index (χ1) is 4.09. The van der Waals surface area contributed by atoms with Crippen LogP contribution >= 0.6 is 11.8 Å². The molecule has 0 unspecified atom stereocenters. The molecule has 0 aliphatic rings. The van der Waals surface area contributed by atoms with E-state index >= 15 is 0 Å². The van der Waals surface area contributed by atoms with Crippen LogP contribution in [0.4, 0.5) is 0 Å². The predicted octanol–water partition coefficient (Wildman–Crippen LogP) is 1.46. The molecule has 0 heterocycles. The number of aliphatic carboxylic acids is 1. The second-order valence-electron chi connectivity index (χ2n) is 2.07. The lowest BCUT2D eigenvalue weighted by Gasteiger charge is -2.11. The fraction of sp³-hybridized carbons (Fsp3) is 0.833. The summed E-state index contributed by atoms with van der Waals surface area (Å²) < 4.78 is 0. The summed E-state index contributed by atoms with van der Waals surface area (Å²) in [6.07, 6.45) is 1.92. The maximum absolute atomic E-state index is 10.3. The zero-order valence-corrected chi connectivity index (χ0v) is 6.73. The standard InChI is InChI=1S/C6H12O2S/c1-4(6(7)8)5(2)9-3/h4-5H,1-3H3,(H,7,8)/t4-,5+/m0/s1. The normalized spacial score (nSPS) is 16.8. The smallest absolute Gasteiger partial charge is 0.307 e. The maximum atomic E-state index is 10.3. The van der Waals surface area contributed by atoms with Crippen molar-refractivity contribution in [1.29, 1.82) is 0 Å². The molecule has 3 heteroatoms. The van der Waals surface area contributed by atoms with E-state index in [4.69, 9.17) is 5.11 Å². The summed E-state index contributed by atoms with van der Waals surface area (Å²) >= 11 is 1.58. The zero-order chi connectivity index (χ0) is 7.44. The van der Waals surface area contributed by atoms with Crippen molar-refractivity contribution in [3.05, 3.63) is 0 Å². The largest absolute Gasteiger partial charge is 0.481 e. The SMILES string of the molecule is CS[C@H](C)[C@H](C)C(=O)O. The van der Waals surface area contributed by atoms with Crippen molar-refractivity contribution in [3.8, 4) is 0 Å². The highest BCUT2D eigenvalue weighted by atomic mass is 32.2. The van der Waals surface area contributed by atoms with E-state index in [1.54, 1.807) is 18.7 Å². The maximum Gasteiger partial charge on any atom is 0.307 e. The Morgan fingerprint density at radius 2 is 2.00 bits per heavy atom. The molecular weight excluding hydrogens is 136 g/mol. The number of hydrogen-bond donors (Lipinski definition) is 1. The molecule has 0 bridgehead atoms. The predicted molar refractivity (Wildman–Crippen MR) is 39.8 cm³/mol. The van der Waals surface area contributed by atoms with Gasteiger partial charge in [0.2, 0.25) is 0 Å². The third-order valence-corrected chi connectivity index (χ3v) is 2.62. The summed E-state index contributed by atoms with van der Waals surface area (Å²) in [7, 11) is 0. The molecule has 0 aromatic carbocycles. The lowest BCUT2D eigenvalue weighted by molar-refractivity contribution is -0.140. The van der Waals surface area contributed by atoms with Crippen molar-refractivity contribution in [3.63, 3.8) is 0 Å². The van der Waals surface area contributed by atoms with Crippen LogP contribution in [0.3, 0.4) is 0 Å². The van der Waals surface area contributed by atoms with Crippen molar-refractivity contribution >= 4 is 17.7 Å². The Kier molecular flexibility index (Phi) is 3.70. The van der Waals surface area contributed by atoms with Gasteiger partial charge in [0.25, 0.3) is 0 Å². The highest BCUT2D eigenvalue weighted by Gasteiger charge is 2.17. The quantitative estimate of drug-likeness (QED) is 0.658. The van der Waals surface area contributed by atoms with Crippen LogP contribution in [0.1, 0.15) is 13.8 Å². The van der Waals surface area contributed by atoms with Crippen molar-refractivity contribution in [2.45, 2.75) is 19.1 Å². The van der Waals surface area contributed by atoms with Gasteiger partial charge >= 0.3 is 5.97 Å². The Morgan fingerprint density at radius 3 is 2.11 bits per heavy atom. The summed E-state index contributed by atoms with van der Waals surface area (Å²) in [5, 5.41) is 8.68. The van der Waals surface area contributed by atoms with Crippen molar-refractivity contribution in [1.82, 2.24) is 0 Å². The Hall–Kier alpha value is -0.180. The fourth-order valence-electron chi connectivity index (χ4n) is 0.405. The number of carbonyl (C=O) groups is 1. The van der Waals surface area contributed by atoms with Gasteiger partial charge in [-0.25, -0.2) is 0 Å². The van der Waals surface area contributed by atoms with E-state index in [0.717, 1.165) is 0 Å². The lowest BCUT2D eigenvalue weighted by Crippen LogP contribution is -2.19.